The number of phenolic OH excluding ortho intramolecular Hbond substituents is 1. The average molecular weight is 253 g/mol. The minimum absolute atomic E-state index is 0.102. The van der Waals surface area contributed by atoms with Crippen molar-refractivity contribution in [3.05, 3.63) is 53.6 Å². The van der Waals surface area contributed by atoms with Gasteiger partial charge in [-0.05, 0) is 42.0 Å². The molecule has 0 saturated carbocycles. The summed E-state index contributed by atoms with van der Waals surface area (Å²) in [6, 6.07) is 14.7. The van der Waals surface area contributed by atoms with Gasteiger partial charge in [-0.3, -0.25) is 0 Å². The minimum atomic E-state index is 0.102. The van der Waals surface area contributed by atoms with Gasteiger partial charge < -0.3 is 15.7 Å². The molecule has 2 aromatic carbocycles. The van der Waals surface area contributed by atoms with Crippen LogP contribution in [0.15, 0.2) is 42.5 Å². The Morgan fingerprint density at radius 3 is 2.47 bits per heavy atom. The van der Waals surface area contributed by atoms with E-state index in [1.807, 2.05) is 30.1 Å². The van der Waals surface area contributed by atoms with E-state index in [0.29, 0.717) is 17.8 Å². The van der Waals surface area contributed by atoms with Gasteiger partial charge in [0.05, 0.1) is 17.3 Å². The average Bonchev–Trinajstić information content (AvgIpc) is 2.43. The van der Waals surface area contributed by atoms with Crippen LogP contribution < -0.4 is 10.6 Å². The van der Waals surface area contributed by atoms with Crippen LogP contribution in [0.5, 0.6) is 5.75 Å². The Hall–Kier alpha value is -2.67. The molecule has 0 bridgehead atoms. The number of hydrogen-bond acceptors (Lipinski definition) is 4. The molecule has 4 nitrogen and oxygen atoms in total. The molecule has 0 aromatic heterocycles. The number of benzene rings is 2. The quantitative estimate of drug-likeness (QED) is 0.651. The monoisotopic (exact) mass is 253 g/mol. The highest BCUT2D eigenvalue weighted by Gasteiger charge is 2.04. The lowest BCUT2D eigenvalue weighted by molar-refractivity contribution is 0.478. The first-order valence-corrected chi connectivity index (χ1v) is 5.89. The fraction of sp³-hybridized carbons (Fsp3) is 0.133. The summed E-state index contributed by atoms with van der Waals surface area (Å²) in [4.78, 5) is 2.05. The standard InChI is InChI=1S/C15H15N3O/c1-18(13-5-2-11(9-16)3-6-13)10-12-4-7-15(19)14(17)8-12/h2-8,19H,10,17H2,1H3. The van der Waals surface area contributed by atoms with Crippen molar-refractivity contribution in [2.45, 2.75) is 6.54 Å². The van der Waals surface area contributed by atoms with Gasteiger partial charge in [0.1, 0.15) is 5.75 Å². The smallest absolute Gasteiger partial charge is 0.138 e. The summed E-state index contributed by atoms with van der Waals surface area (Å²) < 4.78 is 0. The van der Waals surface area contributed by atoms with Gasteiger partial charge in [0.2, 0.25) is 0 Å². The van der Waals surface area contributed by atoms with E-state index in [4.69, 9.17) is 11.0 Å². The second-order valence-corrected chi connectivity index (χ2v) is 4.41. The van der Waals surface area contributed by atoms with E-state index in [9.17, 15) is 5.11 Å². The van der Waals surface area contributed by atoms with Gasteiger partial charge in [-0.15, -0.1) is 0 Å². The Kier molecular flexibility index (Phi) is 3.58. The van der Waals surface area contributed by atoms with Crippen molar-refractivity contribution in [3.8, 4) is 11.8 Å². The van der Waals surface area contributed by atoms with E-state index >= 15 is 0 Å². The van der Waals surface area contributed by atoms with Gasteiger partial charge in [0, 0.05) is 19.3 Å². The zero-order valence-electron chi connectivity index (χ0n) is 10.7. The fourth-order valence-electron chi connectivity index (χ4n) is 1.86. The zero-order chi connectivity index (χ0) is 13.8. The third-order valence-electron chi connectivity index (χ3n) is 2.95. The van der Waals surface area contributed by atoms with Crippen molar-refractivity contribution in [1.29, 1.82) is 5.26 Å². The van der Waals surface area contributed by atoms with E-state index in [1.165, 1.54) is 0 Å². The van der Waals surface area contributed by atoms with Gasteiger partial charge in [-0.1, -0.05) is 6.07 Å². The highest BCUT2D eigenvalue weighted by molar-refractivity contribution is 5.55. The van der Waals surface area contributed by atoms with Gasteiger partial charge in [-0.25, -0.2) is 0 Å². The third-order valence-corrected chi connectivity index (χ3v) is 2.95. The number of anilines is 2. The predicted molar refractivity (Wildman–Crippen MR) is 75.8 cm³/mol. The van der Waals surface area contributed by atoms with E-state index in [0.717, 1.165) is 11.3 Å². The summed E-state index contributed by atoms with van der Waals surface area (Å²) in [5.74, 6) is 0.102. The first kappa shape index (κ1) is 12.8. The van der Waals surface area contributed by atoms with E-state index in [2.05, 4.69) is 6.07 Å². The van der Waals surface area contributed by atoms with Gasteiger partial charge in [0.25, 0.3) is 0 Å². The van der Waals surface area contributed by atoms with Crippen LogP contribution in [-0.2, 0) is 6.54 Å². The molecule has 19 heavy (non-hydrogen) atoms. The van der Waals surface area contributed by atoms with Crippen LogP contribution in [0.25, 0.3) is 0 Å². The Labute approximate surface area is 112 Å². The first-order valence-electron chi connectivity index (χ1n) is 5.89. The van der Waals surface area contributed by atoms with Crippen LogP contribution in [0, 0.1) is 11.3 Å². The van der Waals surface area contributed by atoms with Gasteiger partial charge >= 0.3 is 0 Å². The van der Waals surface area contributed by atoms with Crippen LogP contribution in [0.3, 0.4) is 0 Å². The van der Waals surface area contributed by atoms with E-state index < -0.39 is 0 Å². The molecule has 4 heteroatoms. The molecule has 0 spiro atoms. The predicted octanol–water partition coefficient (Wildman–Crippen LogP) is 2.48. The van der Waals surface area contributed by atoms with Crippen LogP contribution in [0.4, 0.5) is 11.4 Å². The Morgan fingerprint density at radius 2 is 1.89 bits per heavy atom. The van der Waals surface area contributed by atoms with Crippen molar-refractivity contribution in [1.82, 2.24) is 0 Å². The summed E-state index contributed by atoms with van der Waals surface area (Å²) in [5, 5.41) is 18.1. The Morgan fingerprint density at radius 1 is 1.21 bits per heavy atom. The van der Waals surface area contributed by atoms with Crippen molar-refractivity contribution in [2.75, 3.05) is 17.7 Å². The number of nitriles is 1. The largest absolute Gasteiger partial charge is 0.506 e. The van der Waals surface area contributed by atoms with Crippen molar-refractivity contribution >= 4 is 11.4 Å². The van der Waals surface area contributed by atoms with Gasteiger partial charge in [-0.2, -0.15) is 5.26 Å². The molecule has 0 heterocycles. The van der Waals surface area contributed by atoms with Gasteiger partial charge in [0.15, 0.2) is 0 Å². The number of phenols is 1. The highest BCUT2D eigenvalue weighted by atomic mass is 16.3. The number of nitrogen functional groups attached to an aromatic ring is 1. The molecule has 0 amide bonds. The van der Waals surface area contributed by atoms with E-state index in [-0.39, 0.29) is 5.75 Å². The Balaban J connectivity index is 2.13. The molecule has 2 rings (SSSR count). The molecular formula is C15H15N3O. The van der Waals surface area contributed by atoms with Crippen molar-refractivity contribution < 1.29 is 5.11 Å². The number of nitrogens with two attached hydrogens (primary N) is 1. The Bertz CT molecular complexity index is 614. The fourth-order valence-corrected chi connectivity index (χ4v) is 1.86. The zero-order valence-corrected chi connectivity index (χ0v) is 10.7. The minimum Gasteiger partial charge on any atom is -0.506 e. The summed E-state index contributed by atoms with van der Waals surface area (Å²) in [7, 11) is 1.96. The highest BCUT2D eigenvalue weighted by Crippen LogP contribution is 2.22. The summed E-state index contributed by atoms with van der Waals surface area (Å²) in [5.41, 5.74) is 8.73. The second kappa shape index (κ2) is 5.32. The molecule has 0 atom stereocenters. The maximum atomic E-state index is 9.38. The first-order chi connectivity index (χ1) is 9.10. The molecule has 0 unspecified atom stereocenters. The second-order valence-electron chi connectivity index (χ2n) is 4.41. The molecule has 96 valence electrons. The van der Waals surface area contributed by atoms with Crippen LogP contribution in [0.1, 0.15) is 11.1 Å². The van der Waals surface area contributed by atoms with Crippen molar-refractivity contribution in [2.24, 2.45) is 0 Å². The molecule has 0 saturated heterocycles. The number of hydrogen-bond donors (Lipinski definition) is 2. The van der Waals surface area contributed by atoms with Crippen LogP contribution in [-0.4, -0.2) is 12.2 Å². The lowest BCUT2D eigenvalue weighted by Gasteiger charge is -2.19. The molecule has 0 fully saturated rings. The molecule has 0 aliphatic heterocycles. The number of rotatable bonds is 3. The number of nitrogens with zero attached hydrogens (tertiary/aromatic N) is 2. The van der Waals surface area contributed by atoms with E-state index in [1.54, 1.807) is 24.3 Å². The molecule has 0 radical (unpaired) electrons. The maximum absolute atomic E-state index is 9.38. The summed E-state index contributed by atoms with van der Waals surface area (Å²) in [6.07, 6.45) is 0. The maximum Gasteiger partial charge on any atom is 0.138 e. The van der Waals surface area contributed by atoms with Crippen LogP contribution >= 0.6 is 0 Å². The topological polar surface area (TPSA) is 73.3 Å². The molecule has 0 aliphatic carbocycles. The molecular weight excluding hydrogens is 238 g/mol. The molecule has 2 aromatic rings. The van der Waals surface area contributed by atoms with Crippen LogP contribution in [0.2, 0.25) is 0 Å². The lowest BCUT2D eigenvalue weighted by Crippen LogP contribution is -2.16. The molecule has 3 N–H and O–H groups in total. The summed E-state index contributed by atoms with van der Waals surface area (Å²) in [6.45, 7) is 0.677. The summed E-state index contributed by atoms with van der Waals surface area (Å²) >= 11 is 0. The van der Waals surface area contributed by atoms with Crippen molar-refractivity contribution in [3.63, 3.8) is 0 Å². The normalized spacial score (nSPS) is 9.89. The third kappa shape index (κ3) is 2.96. The SMILES string of the molecule is CN(Cc1ccc(O)c(N)c1)c1ccc(C#N)cc1. The number of aromatic hydroxyl groups is 1. The lowest BCUT2D eigenvalue weighted by atomic mass is 10.1. The molecule has 0 aliphatic rings.